The standard InChI is InChI=1S/C27H24N2O6/c1-33-17-9-10-21(34-2)19(14-17)25(30)23-24(22-8-5-13-35-22)29(27(32)26(23)31)12-11-16-15-28-20-7-4-3-6-18(16)20/h3-10,13-15,24,28,30H,11-12H2,1-2H3/b25-23-. The monoisotopic (exact) mass is 472 g/mol. The SMILES string of the molecule is COc1ccc(OC)c(/C(O)=C2/C(=O)C(=O)N(CCc3c[nH]c4ccccc34)C2c2ccco2)c1. The Kier molecular flexibility index (Phi) is 5.78. The minimum absolute atomic E-state index is 0.0598. The number of ketones is 1. The van der Waals surface area contributed by atoms with Crippen LogP contribution in [0, 0.1) is 0 Å². The van der Waals surface area contributed by atoms with Gasteiger partial charge in [0.25, 0.3) is 11.7 Å². The van der Waals surface area contributed by atoms with Gasteiger partial charge in [0.1, 0.15) is 29.1 Å². The molecule has 178 valence electrons. The van der Waals surface area contributed by atoms with Gasteiger partial charge in [-0.15, -0.1) is 0 Å². The Morgan fingerprint density at radius 1 is 1.09 bits per heavy atom. The molecular formula is C27H24N2O6. The van der Waals surface area contributed by atoms with Crippen molar-refractivity contribution in [2.75, 3.05) is 20.8 Å². The van der Waals surface area contributed by atoms with Crippen molar-refractivity contribution in [1.82, 2.24) is 9.88 Å². The van der Waals surface area contributed by atoms with E-state index in [1.165, 1.54) is 25.4 Å². The molecule has 8 nitrogen and oxygen atoms in total. The van der Waals surface area contributed by atoms with Crippen LogP contribution < -0.4 is 9.47 Å². The Balaban J connectivity index is 1.57. The number of aromatic amines is 1. The van der Waals surface area contributed by atoms with Crippen LogP contribution in [0.4, 0.5) is 0 Å². The van der Waals surface area contributed by atoms with Crippen molar-refractivity contribution in [1.29, 1.82) is 0 Å². The number of hydrogen-bond donors (Lipinski definition) is 2. The number of benzene rings is 2. The van der Waals surface area contributed by atoms with Crippen LogP contribution in [0.1, 0.15) is 22.9 Å². The summed E-state index contributed by atoms with van der Waals surface area (Å²) in [6, 6.07) is 15.2. The molecule has 0 aliphatic carbocycles. The Bertz CT molecular complexity index is 1430. The maximum Gasteiger partial charge on any atom is 0.295 e. The number of aromatic nitrogens is 1. The van der Waals surface area contributed by atoms with Crippen LogP contribution in [0.5, 0.6) is 11.5 Å². The average molecular weight is 472 g/mol. The molecule has 35 heavy (non-hydrogen) atoms. The van der Waals surface area contributed by atoms with Gasteiger partial charge < -0.3 is 28.9 Å². The number of fused-ring (bicyclic) bond motifs is 1. The van der Waals surface area contributed by atoms with E-state index in [-0.39, 0.29) is 23.4 Å². The maximum atomic E-state index is 13.2. The lowest BCUT2D eigenvalue weighted by Crippen LogP contribution is -2.31. The molecule has 1 saturated heterocycles. The van der Waals surface area contributed by atoms with Crippen molar-refractivity contribution in [3.8, 4) is 11.5 Å². The minimum Gasteiger partial charge on any atom is -0.507 e. The van der Waals surface area contributed by atoms with Gasteiger partial charge in [0, 0.05) is 23.6 Å². The Hall–Kier alpha value is -4.46. The number of likely N-dealkylation sites (tertiary alicyclic amines) is 1. The second-order valence-corrected chi connectivity index (χ2v) is 8.18. The van der Waals surface area contributed by atoms with Gasteiger partial charge in [-0.25, -0.2) is 0 Å². The first-order valence-corrected chi connectivity index (χ1v) is 11.1. The molecule has 1 aliphatic rings. The lowest BCUT2D eigenvalue weighted by atomic mass is 9.98. The van der Waals surface area contributed by atoms with Crippen molar-refractivity contribution < 1.29 is 28.6 Å². The molecule has 1 amide bonds. The molecule has 8 heteroatoms. The number of carbonyl (C=O) groups is 2. The highest BCUT2D eigenvalue weighted by molar-refractivity contribution is 6.46. The number of carbonyl (C=O) groups excluding carboxylic acids is 2. The first-order chi connectivity index (χ1) is 17.0. The van der Waals surface area contributed by atoms with Crippen LogP contribution in [0.25, 0.3) is 16.7 Å². The van der Waals surface area contributed by atoms with Crippen LogP contribution in [0.15, 0.2) is 77.0 Å². The summed E-state index contributed by atoms with van der Waals surface area (Å²) in [5.41, 5.74) is 2.21. The number of para-hydroxylation sites is 1. The summed E-state index contributed by atoms with van der Waals surface area (Å²) in [7, 11) is 2.96. The third kappa shape index (κ3) is 3.82. The number of aliphatic hydroxyl groups is 1. The first-order valence-electron chi connectivity index (χ1n) is 11.1. The number of aliphatic hydroxyl groups excluding tert-OH is 1. The number of nitrogens with zero attached hydrogens (tertiary/aromatic N) is 1. The Morgan fingerprint density at radius 3 is 2.66 bits per heavy atom. The predicted octanol–water partition coefficient (Wildman–Crippen LogP) is 4.44. The number of amides is 1. The van der Waals surface area contributed by atoms with Crippen LogP contribution in [0.2, 0.25) is 0 Å². The zero-order valence-corrected chi connectivity index (χ0v) is 19.3. The summed E-state index contributed by atoms with van der Waals surface area (Å²) < 4.78 is 16.3. The molecule has 1 aliphatic heterocycles. The van der Waals surface area contributed by atoms with Crippen molar-refractivity contribution in [3.05, 3.63) is 89.5 Å². The van der Waals surface area contributed by atoms with Crippen molar-refractivity contribution in [3.63, 3.8) is 0 Å². The van der Waals surface area contributed by atoms with Crippen molar-refractivity contribution >= 4 is 28.4 Å². The molecule has 1 unspecified atom stereocenters. The Labute approximate surface area is 201 Å². The molecule has 1 atom stereocenters. The van der Waals surface area contributed by atoms with Gasteiger partial charge in [0.15, 0.2) is 0 Å². The van der Waals surface area contributed by atoms with Gasteiger partial charge in [-0.3, -0.25) is 9.59 Å². The summed E-state index contributed by atoms with van der Waals surface area (Å²) in [6.07, 6.45) is 3.89. The van der Waals surface area contributed by atoms with Gasteiger partial charge in [-0.05, 0) is 48.4 Å². The number of hydrogen-bond acceptors (Lipinski definition) is 6. The second kappa shape index (κ2) is 9.06. The normalized spacial score (nSPS) is 17.3. The number of methoxy groups -OCH3 is 2. The fourth-order valence-corrected chi connectivity index (χ4v) is 4.58. The summed E-state index contributed by atoms with van der Waals surface area (Å²) in [6.45, 7) is 0.254. The maximum absolute atomic E-state index is 13.2. The van der Waals surface area contributed by atoms with Gasteiger partial charge >= 0.3 is 0 Å². The van der Waals surface area contributed by atoms with E-state index in [4.69, 9.17) is 13.9 Å². The van der Waals surface area contributed by atoms with E-state index in [2.05, 4.69) is 4.98 Å². The molecule has 1 fully saturated rings. The van der Waals surface area contributed by atoms with E-state index in [9.17, 15) is 14.7 Å². The predicted molar refractivity (Wildman–Crippen MR) is 129 cm³/mol. The molecule has 2 aromatic heterocycles. The molecule has 5 rings (SSSR count). The summed E-state index contributed by atoms with van der Waals surface area (Å²) in [5, 5.41) is 12.4. The quantitative estimate of drug-likeness (QED) is 0.234. The topological polar surface area (TPSA) is 105 Å². The molecule has 4 aromatic rings. The summed E-state index contributed by atoms with van der Waals surface area (Å²) in [4.78, 5) is 31.1. The van der Waals surface area contributed by atoms with E-state index in [0.29, 0.717) is 23.7 Å². The van der Waals surface area contributed by atoms with Crippen molar-refractivity contribution in [2.45, 2.75) is 12.5 Å². The van der Waals surface area contributed by atoms with Gasteiger partial charge in [0.2, 0.25) is 0 Å². The van der Waals surface area contributed by atoms with E-state index in [1.807, 2.05) is 30.5 Å². The highest BCUT2D eigenvalue weighted by Gasteiger charge is 2.47. The third-order valence-corrected chi connectivity index (χ3v) is 6.31. The van der Waals surface area contributed by atoms with Crippen molar-refractivity contribution in [2.24, 2.45) is 0 Å². The fourth-order valence-electron chi connectivity index (χ4n) is 4.58. The van der Waals surface area contributed by atoms with Crippen LogP contribution >= 0.6 is 0 Å². The summed E-state index contributed by atoms with van der Waals surface area (Å²) >= 11 is 0. The molecule has 0 spiro atoms. The molecule has 3 heterocycles. The lowest BCUT2D eigenvalue weighted by molar-refractivity contribution is -0.140. The highest BCUT2D eigenvalue weighted by Crippen LogP contribution is 2.42. The van der Waals surface area contributed by atoms with E-state index >= 15 is 0 Å². The smallest absolute Gasteiger partial charge is 0.295 e. The third-order valence-electron chi connectivity index (χ3n) is 6.31. The van der Waals surface area contributed by atoms with E-state index in [1.54, 1.807) is 30.3 Å². The number of ether oxygens (including phenoxy) is 2. The summed E-state index contributed by atoms with van der Waals surface area (Å²) in [5.74, 6) is -0.647. The molecule has 2 N–H and O–H groups in total. The molecule has 0 saturated carbocycles. The molecule has 0 radical (unpaired) electrons. The van der Waals surface area contributed by atoms with Gasteiger partial charge in [-0.2, -0.15) is 0 Å². The number of rotatable bonds is 7. The van der Waals surface area contributed by atoms with Crippen LogP contribution in [0.3, 0.4) is 0 Å². The lowest BCUT2D eigenvalue weighted by Gasteiger charge is -2.23. The highest BCUT2D eigenvalue weighted by atomic mass is 16.5. The number of furan rings is 1. The number of nitrogens with one attached hydrogen (secondary N) is 1. The minimum atomic E-state index is -0.883. The van der Waals surface area contributed by atoms with Crippen LogP contribution in [-0.4, -0.2) is 47.4 Å². The second-order valence-electron chi connectivity index (χ2n) is 8.18. The van der Waals surface area contributed by atoms with Crippen LogP contribution in [-0.2, 0) is 16.0 Å². The van der Waals surface area contributed by atoms with E-state index in [0.717, 1.165) is 16.5 Å². The molecular weight excluding hydrogens is 448 g/mol. The Morgan fingerprint density at radius 2 is 1.91 bits per heavy atom. The zero-order valence-electron chi connectivity index (χ0n) is 19.3. The number of H-pyrrole nitrogens is 1. The number of Topliss-reactive ketones (excluding diaryl/α,β-unsaturated/α-hetero) is 1. The van der Waals surface area contributed by atoms with E-state index < -0.39 is 17.7 Å². The molecule has 0 bridgehead atoms. The largest absolute Gasteiger partial charge is 0.507 e. The fraction of sp³-hybridized carbons (Fsp3) is 0.185. The average Bonchev–Trinajstić information content (AvgIpc) is 3.61. The van der Waals surface area contributed by atoms with Gasteiger partial charge in [0.05, 0.1) is 31.6 Å². The van der Waals surface area contributed by atoms with Gasteiger partial charge in [-0.1, -0.05) is 18.2 Å². The molecule has 2 aromatic carbocycles. The zero-order chi connectivity index (χ0) is 24.5. The first kappa shape index (κ1) is 22.3.